The lowest BCUT2D eigenvalue weighted by Gasteiger charge is -2.34. The molecule has 2 aliphatic rings. The highest BCUT2D eigenvalue weighted by atomic mass is 35.5. The second-order valence-electron chi connectivity index (χ2n) is 7.58. The number of hydrogen-bond acceptors (Lipinski definition) is 5. The maximum atomic E-state index is 12.3. The topological polar surface area (TPSA) is 54.0 Å². The molecule has 1 N–H and O–H groups in total. The predicted molar refractivity (Wildman–Crippen MR) is 117 cm³/mol. The van der Waals surface area contributed by atoms with Gasteiger partial charge >= 0.3 is 0 Å². The van der Waals surface area contributed by atoms with Crippen molar-refractivity contribution in [3.05, 3.63) is 57.6 Å². The fourth-order valence-electron chi connectivity index (χ4n) is 3.72. The molecule has 2 aromatic carbocycles. The summed E-state index contributed by atoms with van der Waals surface area (Å²) in [5.41, 5.74) is 2.20. The normalized spacial score (nSPS) is 16.6. The molecule has 1 amide bonds. The summed E-state index contributed by atoms with van der Waals surface area (Å²) in [6.45, 7) is 5.77. The number of piperazine rings is 1. The number of rotatable bonds is 7. The zero-order valence-corrected chi connectivity index (χ0v) is 18.2. The van der Waals surface area contributed by atoms with Crippen LogP contribution in [0.2, 0.25) is 10.0 Å². The third kappa shape index (κ3) is 5.58. The Morgan fingerprint density at radius 3 is 2.53 bits per heavy atom. The first kappa shape index (κ1) is 21.2. The minimum atomic E-state index is 0.0457. The molecule has 1 saturated heterocycles. The molecule has 30 heavy (non-hydrogen) atoms. The van der Waals surface area contributed by atoms with Crippen LogP contribution in [0, 0.1) is 0 Å². The number of carbonyl (C=O) groups excluding carboxylic acids is 1. The largest absolute Gasteiger partial charge is 0.454 e. The van der Waals surface area contributed by atoms with E-state index in [9.17, 15) is 4.79 Å². The summed E-state index contributed by atoms with van der Waals surface area (Å²) in [6.07, 6.45) is 0.686. The standard InChI is InChI=1S/C22H25Cl2N3O3/c23-18-3-2-17(19(24)12-18)5-6-25-22(28)14-27-9-7-26(8-10-27)13-16-1-4-20-21(11-16)30-15-29-20/h1-4,11-12H,5-10,13-15H2,(H,25,28). The van der Waals surface area contributed by atoms with Crippen molar-refractivity contribution in [1.82, 2.24) is 15.1 Å². The fraction of sp³-hybridized carbons (Fsp3) is 0.409. The quantitative estimate of drug-likeness (QED) is 0.703. The van der Waals surface area contributed by atoms with Gasteiger partial charge in [-0.25, -0.2) is 0 Å². The summed E-state index contributed by atoms with van der Waals surface area (Å²) in [6, 6.07) is 11.5. The van der Waals surface area contributed by atoms with Crippen molar-refractivity contribution >= 4 is 29.1 Å². The first-order valence-corrected chi connectivity index (χ1v) is 10.9. The maximum Gasteiger partial charge on any atom is 0.234 e. The van der Waals surface area contributed by atoms with E-state index in [1.54, 1.807) is 6.07 Å². The lowest BCUT2D eigenvalue weighted by molar-refractivity contribution is -0.122. The van der Waals surface area contributed by atoms with E-state index in [-0.39, 0.29) is 5.91 Å². The van der Waals surface area contributed by atoms with Crippen LogP contribution in [-0.4, -0.2) is 61.8 Å². The average Bonchev–Trinajstić information content (AvgIpc) is 3.19. The van der Waals surface area contributed by atoms with E-state index in [0.717, 1.165) is 49.8 Å². The third-order valence-corrected chi connectivity index (χ3v) is 5.99. The Morgan fingerprint density at radius 1 is 0.967 bits per heavy atom. The number of amides is 1. The van der Waals surface area contributed by atoms with Crippen LogP contribution in [0.1, 0.15) is 11.1 Å². The maximum absolute atomic E-state index is 12.3. The first-order valence-electron chi connectivity index (χ1n) is 10.1. The molecule has 4 rings (SSSR count). The van der Waals surface area contributed by atoms with Crippen LogP contribution < -0.4 is 14.8 Å². The molecule has 0 atom stereocenters. The average molecular weight is 450 g/mol. The molecule has 0 spiro atoms. The summed E-state index contributed by atoms with van der Waals surface area (Å²) in [5.74, 6) is 1.68. The van der Waals surface area contributed by atoms with Crippen LogP contribution in [0.5, 0.6) is 11.5 Å². The van der Waals surface area contributed by atoms with Gasteiger partial charge in [0.1, 0.15) is 0 Å². The van der Waals surface area contributed by atoms with Crippen molar-refractivity contribution in [3.8, 4) is 11.5 Å². The van der Waals surface area contributed by atoms with Crippen molar-refractivity contribution in [2.75, 3.05) is 46.1 Å². The van der Waals surface area contributed by atoms with E-state index in [4.69, 9.17) is 32.7 Å². The third-order valence-electron chi connectivity index (χ3n) is 5.41. The highest BCUT2D eigenvalue weighted by Gasteiger charge is 2.20. The Balaban J connectivity index is 1.16. The number of halogens is 2. The van der Waals surface area contributed by atoms with Crippen molar-refractivity contribution in [2.24, 2.45) is 0 Å². The number of nitrogens with zero attached hydrogens (tertiary/aromatic N) is 2. The van der Waals surface area contributed by atoms with Gasteiger partial charge in [0.05, 0.1) is 6.54 Å². The Morgan fingerprint density at radius 2 is 1.73 bits per heavy atom. The summed E-state index contributed by atoms with van der Waals surface area (Å²) in [7, 11) is 0. The Bertz CT molecular complexity index is 901. The van der Waals surface area contributed by atoms with E-state index in [0.29, 0.717) is 36.3 Å². The van der Waals surface area contributed by atoms with Gasteiger partial charge in [-0.05, 0) is 41.8 Å². The zero-order chi connectivity index (χ0) is 20.9. The van der Waals surface area contributed by atoms with E-state index < -0.39 is 0 Å². The van der Waals surface area contributed by atoms with Gasteiger partial charge < -0.3 is 14.8 Å². The Labute approximate surface area is 186 Å². The SMILES string of the molecule is O=C(CN1CCN(Cc2ccc3c(c2)OCO3)CC1)NCCc1ccc(Cl)cc1Cl. The molecule has 2 aliphatic heterocycles. The molecule has 0 saturated carbocycles. The molecule has 2 heterocycles. The number of benzene rings is 2. The number of carbonyl (C=O) groups is 1. The first-order chi connectivity index (χ1) is 14.6. The molecule has 0 aliphatic carbocycles. The van der Waals surface area contributed by atoms with E-state index in [1.165, 1.54) is 5.56 Å². The van der Waals surface area contributed by atoms with Crippen LogP contribution in [-0.2, 0) is 17.8 Å². The van der Waals surface area contributed by atoms with Gasteiger partial charge in [0.15, 0.2) is 11.5 Å². The highest BCUT2D eigenvalue weighted by molar-refractivity contribution is 6.35. The van der Waals surface area contributed by atoms with Crippen molar-refractivity contribution in [3.63, 3.8) is 0 Å². The summed E-state index contributed by atoms with van der Waals surface area (Å²) < 4.78 is 10.8. The van der Waals surface area contributed by atoms with Gasteiger partial charge in [-0.1, -0.05) is 35.3 Å². The molecular formula is C22H25Cl2N3O3. The minimum absolute atomic E-state index is 0.0457. The van der Waals surface area contributed by atoms with Crippen molar-refractivity contribution in [1.29, 1.82) is 0 Å². The van der Waals surface area contributed by atoms with Crippen LogP contribution >= 0.6 is 23.2 Å². The monoisotopic (exact) mass is 449 g/mol. The summed E-state index contributed by atoms with van der Waals surface area (Å²) in [5, 5.41) is 4.23. The summed E-state index contributed by atoms with van der Waals surface area (Å²) in [4.78, 5) is 16.9. The molecule has 2 aromatic rings. The van der Waals surface area contributed by atoms with Gasteiger partial charge in [0.2, 0.25) is 12.7 Å². The lowest BCUT2D eigenvalue weighted by atomic mass is 10.1. The molecular weight excluding hydrogens is 425 g/mol. The molecule has 160 valence electrons. The Hall–Kier alpha value is -1.99. The zero-order valence-electron chi connectivity index (χ0n) is 16.7. The summed E-state index contributed by atoms with van der Waals surface area (Å²) >= 11 is 12.1. The van der Waals surface area contributed by atoms with Crippen molar-refractivity contribution < 1.29 is 14.3 Å². The second kappa shape index (κ2) is 9.88. The molecule has 6 nitrogen and oxygen atoms in total. The second-order valence-corrected chi connectivity index (χ2v) is 8.42. The smallest absolute Gasteiger partial charge is 0.234 e. The van der Waals surface area contributed by atoms with Gasteiger partial charge in [-0.2, -0.15) is 0 Å². The van der Waals surface area contributed by atoms with Crippen LogP contribution in [0.4, 0.5) is 0 Å². The predicted octanol–water partition coefficient (Wildman–Crippen LogP) is 3.20. The van der Waals surface area contributed by atoms with E-state index in [1.807, 2.05) is 18.2 Å². The minimum Gasteiger partial charge on any atom is -0.454 e. The van der Waals surface area contributed by atoms with Gasteiger partial charge in [0.25, 0.3) is 0 Å². The highest BCUT2D eigenvalue weighted by Crippen LogP contribution is 2.32. The molecule has 8 heteroatoms. The lowest BCUT2D eigenvalue weighted by Crippen LogP contribution is -2.49. The number of hydrogen-bond donors (Lipinski definition) is 1. The van der Waals surface area contributed by atoms with Gasteiger partial charge in [-0.3, -0.25) is 14.6 Å². The molecule has 0 radical (unpaired) electrons. The number of fused-ring (bicyclic) bond motifs is 1. The number of ether oxygens (including phenoxy) is 2. The van der Waals surface area contributed by atoms with Crippen LogP contribution in [0.3, 0.4) is 0 Å². The molecule has 0 unspecified atom stereocenters. The Kier molecular flexibility index (Phi) is 7.00. The van der Waals surface area contributed by atoms with Gasteiger partial charge in [-0.15, -0.1) is 0 Å². The van der Waals surface area contributed by atoms with Crippen LogP contribution in [0.25, 0.3) is 0 Å². The molecule has 0 aromatic heterocycles. The van der Waals surface area contributed by atoms with Crippen LogP contribution in [0.15, 0.2) is 36.4 Å². The van der Waals surface area contributed by atoms with Crippen molar-refractivity contribution in [2.45, 2.75) is 13.0 Å². The van der Waals surface area contributed by atoms with Gasteiger partial charge in [0, 0.05) is 49.3 Å². The molecule has 1 fully saturated rings. The fourth-order valence-corrected chi connectivity index (χ4v) is 4.23. The number of nitrogens with one attached hydrogen (secondary N) is 1. The molecule has 0 bridgehead atoms. The van der Waals surface area contributed by atoms with E-state index >= 15 is 0 Å². The van der Waals surface area contributed by atoms with E-state index in [2.05, 4.69) is 27.2 Å².